The molecule has 0 saturated heterocycles. The number of fused-ring (bicyclic) bond motifs is 1. The first-order valence-corrected chi connectivity index (χ1v) is 4.17. The number of aromatic amines is 2. The number of rotatable bonds is 0. The van der Waals surface area contributed by atoms with E-state index in [0.29, 0.717) is 11.0 Å². The molecule has 0 spiro atoms. The Labute approximate surface area is 75.2 Å². The number of aromatic nitrogens is 4. The van der Waals surface area contributed by atoms with E-state index in [1.165, 1.54) is 6.33 Å². The zero-order chi connectivity index (χ0) is 9.84. The van der Waals surface area contributed by atoms with Crippen LogP contribution >= 0.6 is 0 Å². The van der Waals surface area contributed by atoms with Crippen LogP contribution in [0.4, 0.5) is 0 Å². The normalized spacial score (nSPS) is 9.46. The van der Waals surface area contributed by atoms with Gasteiger partial charge in [-0.25, -0.2) is 4.98 Å². The third kappa shape index (κ3) is 1.58. The standard InChI is InChI=1S/C6H6N4O.C2H6/c1-3-4-5(10-9-3)7-2-8-6(4)11;1-2/h2H,1H3,(H2,7,8,9,10,11);1-2H3. The minimum atomic E-state index is -0.152. The fourth-order valence-corrected chi connectivity index (χ4v) is 1.01. The Balaban J connectivity index is 0.000000396. The lowest BCUT2D eigenvalue weighted by atomic mass is 10.3. The van der Waals surface area contributed by atoms with Gasteiger partial charge in [-0.2, -0.15) is 5.10 Å². The molecule has 2 rings (SSSR count). The van der Waals surface area contributed by atoms with Crippen LogP contribution in [0.2, 0.25) is 0 Å². The first-order valence-electron chi connectivity index (χ1n) is 4.17. The largest absolute Gasteiger partial charge is 0.312 e. The lowest BCUT2D eigenvalue weighted by Gasteiger charge is -1.84. The van der Waals surface area contributed by atoms with Crippen LogP contribution in [0.1, 0.15) is 19.5 Å². The Morgan fingerprint density at radius 2 is 2.08 bits per heavy atom. The van der Waals surface area contributed by atoms with Gasteiger partial charge in [-0.05, 0) is 6.92 Å². The maximum absolute atomic E-state index is 11.1. The van der Waals surface area contributed by atoms with Gasteiger partial charge < -0.3 is 4.98 Å². The molecule has 0 aliphatic carbocycles. The van der Waals surface area contributed by atoms with Crippen molar-refractivity contribution in [2.24, 2.45) is 0 Å². The topological polar surface area (TPSA) is 74.4 Å². The maximum Gasteiger partial charge on any atom is 0.262 e. The molecule has 2 heterocycles. The van der Waals surface area contributed by atoms with Gasteiger partial charge in [0.2, 0.25) is 0 Å². The Morgan fingerprint density at radius 1 is 1.38 bits per heavy atom. The van der Waals surface area contributed by atoms with E-state index in [1.54, 1.807) is 6.92 Å². The van der Waals surface area contributed by atoms with Crippen molar-refractivity contribution in [3.63, 3.8) is 0 Å². The molecular weight excluding hydrogens is 168 g/mol. The zero-order valence-electron chi connectivity index (χ0n) is 7.88. The van der Waals surface area contributed by atoms with E-state index in [9.17, 15) is 4.79 Å². The molecule has 2 N–H and O–H groups in total. The van der Waals surface area contributed by atoms with Gasteiger partial charge in [0.25, 0.3) is 5.56 Å². The third-order valence-electron chi connectivity index (χ3n) is 1.54. The molecule has 0 bridgehead atoms. The van der Waals surface area contributed by atoms with Crippen LogP contribution in [-0.2, 0) is 0 Å². The van der Waals surface area contributed by atoms with E-state index in [2.05, 4.69) is 20.2 Å². The van der Waals surface area contributed by atoms with Crippen molar-refractivity contribution in [3.8, 4) is 0 Å². The second-order valence-electron chi connectivity index (χ2n) is 2.28. The number of nitrogens with one attached hydrogen (secondary N) is 2. The van der Waals surface area contributed by atoms with Crippen LogP contribution in [0.15, 0.2) is 11.1 Å². The summed E-state index contributed by atoms with van der Waals surface area (Å²) in [7, 11) is 0. The van der Waals surface area contributed by atoms with Crippen molar-refractivity contribution >= 4 is 11.0 Å². The van der Waals surface area contributed by atoms with E-state index in [4.69, 9.17) is 0 Å². The molecule has 0 aliphatic heterocycles. The van der Waals surface area contributed by atoms with Gasteiger partial charge in [-0.1, -0.05) is 13.8 Å². The molecule has 5 nitrogen and oxygen atoms in total. The number of hydrogen-bond acceptors (Lipinski definition) is 3. The third-order valence-corrected chi connectivity index (χ3v) is 1.54. The van der Waals surface area contributed by atoms with Crippen molar-refractivity contribution in [1.82, 2.24) is 20.2 Å². The molecule has 13 heavy (non-hydrogen) atoms. The molecule has 2 aromatic rings. The Kier molecular flexibility index (Phi) is 2.79. The molecule has 2 aromatic heterocycles. The highest BCUT2D eigenvalue weighted by molar-refractivity contribution is 5.75. The Hall–Kier alpha value is -1.65. The maximum atomic E-state index is 11.1. The molecule has 0 fully saturated rings. The van der Waals surface area contributed by atoms with Gasteiger partial charge in [-0.15, -0.1) is 0 Å². The average Bonchev–Trinajstić information content (AvgIpc) is 2.53. The molecule has 0 aromatic carbocycles. The average molecular weight is 180 g/mol. The van der Waals surface area contributed by atoms with Crippen molar-refractivity contribution in [3.05, 3.63) is 22.4 Å². The lowest BCUT2D eigenvalue weighted by molar-refractivity contribution is 1.05. The summed E-state index contributed by atoms with van der Waals surface area (Å²) in [6, 6.07) is 0. The zero-order valence-corrected chi connectivity index (χ0v) is 7.88. The van der Waals surface area contributed by atoms with E-state index in [-0.39, 0.29) is 5.56 Å². The van der Waals surface area contributed by atoms with E-state index in [1.807, 2.05) is 13.8 Å². The second kappa shape index (κ2) is 3.84. The summed E-state index contributed by atoms with van der Waals surface area (Å²) in [5.41, 5.74) is 1.06. The minimum Gasteiger partial charge on any atom is -0.312 e. The van der Waals surface area contributed by atoms with Crippen LogP contribution in [0, 0.1) is 6.92 Å². The number of nitrogens with zero attached hydrogens (tertiary/aromatic N) is 2. The van der Waals surface area contributed by atoms with E-state index >= 15 is 0 Å². The molecule has 70 valence electrons. The Bertz CT molecular complexity index is 443. The molecule has 0 aliphatic rings. The SMILES string of the molecule is CC.Cc1[nH]nc2nc[nH]c(=O)c12. The molecule has 0 saturated carbocycles. The van der Waals surface area contributed by atoms with E-state index < -0.39 is 0 Å². The first kappa shape index (κ1) is 9.44. The molecule has 0 unspecified atom stereocenters. The molecule has 0 radical (unpaired) electrons. The summed E-state index contributed by atoms with van der Waals surface area (Å²) in [6.45, 7) is 5.78. The number of hydrogen-bond donors (Lipinski definition) is 2. The van der Waals surface area contributed by atoms with Crippen LogP contribution in [-0.4, -0.2) is 20.2 Å². The minimum absolute atomic E-state index is 0.152. The predicted octanol–water partition coefficient (Wildman–Crippen LogP) is 0.981. The molecule has 5 heteroatoms. The number of aryl methyl sites for hydroxylation is 1. The van der Waals surface area contributed by atoms with Crippen LogP contribution in [0.25, 0.3) is 11.0 Å². The summed E-state index contributed by atoms with van der Waals surface area (Å²) in [5.74, 6) is 0. The van der Waals surface area contributed by atoms with Gasteiger partial charge in [0.1, 0.15) is 5.39 Å². The Morgan fingerprint density at radius 3 is 2.69 bits per heavy atom. The smallest absolute Gasteiger partial charge is 0.262 e. The first-order chi connectivity index (χ1) is 6.29. The van der Waals surface area contributed by atoms with Gasteiger partial charge in [0.05, 0.1) is 6.33 Å². The van der Waals surface area contributed by atoms with Gasteiger partial charge in [0, 0.05) is 5.69 Å². The van der Waals surface area contributed by atoms with Crippen molar-refractivity contribution in [1.29, 1.82) is 0 Å². The van der Waals surface area contributed by atoms with Crippen LogP contribution in [0.5, 0.6) is 0 Å². The van der Waals surface area contributed by atoms with Crippen LogP contribution < -0.4 is 5.56 Å². The van der Waals surface area contributed by atoms with Crippen molar-refractivity contribution in [2.45, 2.75) is 20.8 Å². The predicted molar refractivity (Wildman–Crippen MR) is 50.6 cm³/mol. The second-order valence-corrected chi connectivity index (χ2v) is 2.28. The highest BCUT2D eigenvalue weighted by atomic mass is 16.1. The van der Waals surface area contributed by atoms with Crippen molar-refractivity contribution in [2.75, 3.05) is 0 Å². The molecule has 0 amide bonds. The highest BCUT2D eigenvalue weighted by Crippen LogP contribution is 2.04. The monoisotopic (exact) mass is 180 g/mol. The van der Waals surface area contributed by atoms with E-state index in [0.717, 1.165) is 5.69 Å². The summed E-state index contributed by atoms with van der Waals surface area (Å²) in [6.07, 6.45) is 1.34. The highest BCUT2D eigenvalue weighted by Gasteiger charge is 2.04. The van der Waals surface area contributed by atoms with Crippen LogP contribution in [0.3, 0.4) is 0 Å². The number of H-pyrrole nitrogens is 2. The van der Waals surface area contributed by atoms with Gasteiger partial charge >= 0.3 is 0 Å². The summed E-state index contributed by atoms with van der Waals surface area (Å²) >= 11 is 0. The van der Waals surface area contributed by atoms with Gasteiger partial charge in [0.15, 0.2) is 5.65 Å². The van der Waals surface area contributed by atoms with Gasteiger partial charge in [-0.3, -0.25) is 9.89 Å². The molecular formula is C8H12N4O. The summed E-state index contributed by atoms with van der Waals surface area (Å²) in [4.78, 5) is 17.4. The lowest BCUT2D eigenvalue weighted by Crippen LogP contribution is -2.05. The fourth-order valence-electron chi connectivity index (χ4n) is 1.01. The summed E-state index contributed by atoms with van der Waals surface area (Å²) in [5, 5.41) is 7.04. The van der Waals surface area contributed by atoms with Crippen molar-refractivity contribution < 1.29 is 0 Å². The quantitative estimate of drug-likeness (QED) is 0.634. The fraction of sp³-hybridized carbons (Fsp3) is 0.375. The molecule has 0 atom stereocenters. The summed E-state index contributed by atoms with van der Waals surface area (Å²) < 4.78 is 0.